The predicted molar refractivity (Wildman–Crippen MR) is 86.5 cm³/mol. The maximum atomic E-state index is 12.7. The lowest BCUT2D eigenvalue weighted by Crippen LogP contribution is -2.29. The average molecular weight is 373 g/mol. The summed E-state index contributed by atoms with van der Waals surface area (Å²) < 4.78 is 27.6. The van der Waals surface area contributed by atoms with E-state index in [1.807, 2.05) is 12.1 Å². The summed E-state index contributed by atoms with van der Waals surface area (Å²) in [6, 6.07) is 6.21. The van der Waals surface area contributed by atoms with Crippen molar-refractivity contribution in [3.63, 3.8) is 0 Å². The summed E-state index contributed by atoms with van der Waals surface area (Å²) in [6.45, 7) is 4.14. The van der Waals surface area contributed by atoms with Crippen LogP contribution in [0.1, 0.15) is 31.7 Å². The first-order chi connectivity index (χ1) is 9.96. The van der Waals surface area contributed by atoms with Gasteiger partial charge < -0.3 is 5.32 Å². The summed E-state index contributed by atoms with van der Waals surface area (Å²) in [6.07, 6.45) is 3.45. The molecule has 1 heterocycles. The van der Waals surface area contributed by atoms with Crippen molar-refractivity contribution in [3.8, 4) is 0 Å². The van der Waals surface area contributed by atoms with Crippen molar-refractivity contribution < 1.29 is 8.42 Å². The van der Waals surface area contributed by atoms with Crippen LogP contribution < -0.4 is 5.32 Å². The SMILES string of the molecule is CC1CCN(S(=O)(=O)c2ccc(CNC3CC3)cc2Br)C1. The van der Waals surface area contributed by atoms with E-state index < -0.39 is 10.0 Å². The minimum absolute atomic E-state index is 0.381. The molecule has 1 saturated carbocycles. The highest BCUT2D eigenvalue weighted by molar-refractivity contribution is 9.10. The molecule has 3 rings (SSSR count). The number of benzene rings is 1. The minimum atomic E-state index is -3.37. The van der Waals surface area contributed by atoms with Gasteiger partial charge in [-0.15, -0.1) is 0 Å². The Labute approximate surface area is 135 Å². The van der Waals surface area contributed by atoms with E-state index in [0.29, 0.717) is 34.4 Å². The molecule has 1 saturated heterocycles. The largest absolute Gasteiger partial charge is 0.310 e. The van der Waals surface area contributed by atoms with E-state index in [4.69, 9.17) is 0 Å². The number of sulfonamides is 1. The van der Waals surface area contributed by atoms with Gasteiger partial charge in [-0.05, 0) is 58.8 Å². The van der Waals surface area contributed by atoms with Crippen LogP contribution in [0.25, 0.3) is 0 Å². The molecule has 4 nitrogen and oxygen atoms in total. The van der Waals surface area contributed by atoms with Crippen LogP contribution in [0.2, 0.25) is 0 Å². The fraction of sp³-hybridized carbons (Fsp3) is 0.600. The monoisotopic (exact) mass is 372 g/mol. The van der Waals surface area contributed by atoms with Crippen molar-refractivity contribution in [2.24, 2.45) is 5.92 Å². The minimum Gasteiger partial charge on any atom is -0.310 e. The summed E-state index contributed by atoms with van der Waals surface area (Å²) in [5.41, 5.74) is 1.11. The lowest BCUT2D eigenvalue weighted by atomic mass is 10.2. The molecule has 6 heteroatoms. The molecule has 1 aromatic carbocycles. The van der Waals surface area contributed by atoms with E-state index in [1.54, 1.807) is 10.4 Å². The van der Waals surface area contributed by atoms with Gasteiger partial charge in [-0.25, -0.2) is 8.42 Å². The van der Waals surface area contributed by atoms with Crippen molar-refractivity contribution in [1.82, 2.24) is 9.62 Å². The third-order valence-electron chi connectivity index (χ3n) is 4.17. The molecule has 1 N–H and O–H groups in total. The molecule has 1 aliphatic carbocycles. The summed E-state index contributed by atoms with van der Waals surface area (Å²) >= 11 is 3.43. The first-order valence-corrected chi connectivity index (χ1v) is 9.72. The first-order valence-electron chi connectivity index (χ1n) is 7.49. The Bertz CT molecular complexity index is 629. The van der Waals surface area contributed by atoms with Gasteiger partial charge in [0.15, 0.2) is 0 Å². The number of hydrogen-bond donors (Lipinski definition) is 1. The second-order valence-corrected chi connectivity index (χ2v) is 8.94. The molecule has 0 spiro atoms. The molecule has 1 atom stereocenters. The number of nitrogens with zero attached hydrogens (tertiary/aromatic N) is 1. The summed E-state index contributed by atoms with van der Waals surface area (Å²) in [7, 11) is -3.37. The zero-order valence-corrected chi connectivity index (χ0v) is 14.6. The number of halogens is 1. The Balaban J connectivity index is 1.77. The fourth-order valence-electron chi connectivity index (χ4n) is 2.67. The van der Waals surface area contributed by atoms with Crippen molar-refractivity contribution in [3.05, 3.63) is 28.2 Å². The second-order valence-electron chi connectivity index (χ2n) is 6.18. The summed E-state index contributed by atoms with van der Waals surface area (Å²) in [5.74, 6) is 0.445. The van der Waals surface area contributed by atoms with Gasteiger partial charge in [0.25, 0.3) is 0 Å². The van der Waals surface area contributed by atoms with Crippen molar-refractivity contribution in [1.29, 1.82) is 0 Å². The van der Waals surface area contributed by atoms with Gasteiger partial charge in [0.1, 0.15) is 0 Å². The molecule has 2 aliphatic rings. The highest BCUT2D eigenvalue weighted by Gasteiger charge is 2.31. The van der Waals surface area contributed by atoms with Gasteiger partial charge in [-0.3, -0.25) is 0 Å². The maximum absolute atomic E-state index is 12.7. The van der Waals surface area contributed by atoms with Gasteiger partial charge in [-0.2, -0.15) is 4.31 Å². The zero-order valence-electron chi connectivity index (χ0n) is 12.2. The molecule has 1 aliphatic heterocycles. The van der Waals surface area contributed by atoms with E-state index in [9.17, 15) is 8.42 Å². The standard InChI is InChI=1S/C15H21BrN2O2S/c1-11-6-7-18(10-11)21(19,20)15-5-2-12(8-14(15)16)9-17-13-3-4-13/h2,5,8,11,13,17H,3-4,6-7,9-10H2,1H3. The number of hydrogen-bond acceptors (Lipinski definition) is 3. The van der Waals surface area contributed by atoms with Crippen LogP contribution in [0, 0.1) is 5.92 Å². The molecule has 116 valence electrons. The first kappa shape index (κ1) is 15.5. The van der Waals surface area contributed by atoms with Gasteiger partial charge >= 0.3 is 0 Å². The Morgan fingerprint density at radius 2 is 2.10 bits per heavy atom. The summed E-state index contributed by atoms with van der Waals surface area (Å²) in [4.78, 5) is 0.381. The van der Waals surface area contributed by atoms with Crippen LogP contribution in [0.15, 0.2) is 27.6 Å². The molecular formula is C15H21BrN2O2S. The Morgan fingerprint density at radius 1 is 1.33 bits per heavy atom. The zero-order chi connectivity index (χ0) is 15.0. The van der Waals surface area contributed by atoms with Crippen molar-refractivity contribution in [2.45, 2.75) is 43.7 Å². The topological polar surface area (TPSA) is 49.4 Å². The normalized spacial score (nSPS) is 23.6. The van der Waals surface area contributed by atoms with E-state index in [1.165, 1.54) is 12.8 Å². The predicted octanol–water partition coefficient (Wildman–Crippen LogP) is 2.73. The van der Waals surface area contributed by atoms with Crippen LogP contribution >= 0.6 is 15.9 Å². The van der Waals surface area contributed by atoms with Crippen LogP contribution in [0.5, 0.6) is 0 Å². The average Bonchev–Trinajstić information content (AvgIpc) is 3.16. The highest BCUT2D eigenvalue weighted by Crippen LogP contribution is 2.30. The summed E-state index contributed by atoms with van der Waals surface area (Å²) in [5, 5.41) is 3.44. The molecule has 21 heavy (non-hydrogen) atoms. The van der Waals surface area contributed by atoms with Crippen LogP contribution in [0.3, 0.4) is 0 Å². The smallest absolute Gasteiger partial charge is 0.244 e. The molecule has 0 amide bonds. The quantitative estimate of drug-likeness (QED) is 0.864. The third kappa shape index (κ3) is 3.50. The van der Waals surface area contributed by atoms with E-state index in [0.717, 1.165) is 18.5 Å². The van der Waals surface area contributed by atoms with Gasteiger partial charge in [0.05, 0.1) is 4.90 Å². The molecule has 0 radical (unpaired) electrons. The second kappa shape index (κ2) is 5.99. The van der Waals surface area contributed by atoms with Crippen molar-refractivity contribution in [2.75, 3.05) is 13.1 Å². The van der Waals surface area contributed by atoms with E-state index in [2.05, 4.69) is 28.2 Å². The highest BCUT2D eigenvalue weighted by atomic mass is 79.9. The lowest BCUT2D eigenvalue weighted by Gasteiger charge is -2.17. The third-order valence-corrected chi connectivity index (χ3v) is 7.01. The molecule has 1 unspecified atom stereocenters. The van der Waals surface area contributed by atoms with Crippen molar-refractivity contribution >= 4 is 26.0 Å². The van der Waals surface area contributed by atoms with Gasteiger partial charge in [0, 0.05) is 30.1 Å². The Morgan fingerprint density at radius 3 is 2.67 bits per heavy atom. The van der Waals surface area contributed by atoms with Gasteiger partial charge in [0.2, 0.25) is 10.0 Å². The van der Waals surface area contributed by atoms with Gasteiger partial charge in [-0.1, -0.05) is 13.0 Å². The fourth-order valence-corrected chi connectivity index (χ4v) is 5.33. The van der Waals surface area contributed by atoms with Crippen LogP contribution in [-0.2, 0) is 16.6 Å². The number of nitrogens with one attached hydrogen (secondary N) is 1. The van der Waals surface area contributed by atoms with Crippen LogP contribution in [-0.4, -0.2) is 31.9 Å². The number of rotatable bonds is 5. The maximum Gasteiger partial charge on any atom is 0.244 e. The molecule has 1 aromatic rings. The van der Waals surface area contributed by atoms with E-state index >= 15 is 0 Å². The molecular weight excluding hydrogens is 352 g/mol. The lowest BCUT2D eigenvalue weighted by molar-refractivity contribution is 0.464. The van der Waals surface area contributed by atoms with E-state index in [-0.39, 0.29) is 0 Å². The molecule has 0 bridgehead atoms. The molecule has 2 fully saturated rings. The Hall–Kier alpha value is -0.430. The Kier molecular flexibility index (Phi) is 4.41. The molecule has 0 aromatic heterocycles. The van der Waals surface area contributed by atoms with Crippen LogP contribution in [0.4, 0.5) is 0 Å².